The third-order valence-corrected chi connectivity index (χ3v) is 7.05. The van der Waals surface area contributed by atoms with Gasteiger partial charge in [-0.3, -0.25) is 9.59 Å². The van der Waals surface area contributed by atoms with Crippen LogP contribution in [0, 0.1) is 19.8 Å². The Balaban J connectivity index is 1.32. The minimum absolute atomic E-state index is 0.0109. The lowest BCUT2D eigenvalue weighted by atomic mass is 9.83. The maximum absolute atomic E-state index is 12.8. The fourth-order valence-corrected chi connectivity index (χ4v) is 5.02. The van der Waals surface area contributed by atoms with Crippen molar-refractivity contribution >= 4 is 23.2 Å². The minimum Gasteiger partial charge on any atom is -0.486 e. The molecule has 0 bridgehead atoms. The number of thiazole rings is 1. The van der Waals surface area contributed by atoms with Crippen molar-refractivity contribution in [2.24, 2.45) is 5.92 Å². The van der Waals surface area contributed by atoms with Crippen molar-refractivity contribution in [1.82, 2.24) is 15.6 Å². The van der Waals surface area contributed by atoms with E-state index in [0.717, 1.165) is 66.8 Å². The average Bonchev–Trinajstić information content (AvgIpc) is 3.15. The van der Waals surface area contributed by atoms with Gasteiger partial charge in [-0.1, -0.05) is 25.3 Å². The number of aryl methyl sites for hydroxylation is 2. The number of nitrogens with one attached hydrogen (secondary N) is 2. The largest absolute Gasteiger partial charge is 0.486 e. The SMILES string of the molecule is Cc1cc(C)cc(OCc2nc(C(=O)N[C@@H]3CCCC[C@H]3NC(=O)C3CCC3)cs2)c1. The van der Waals surface area contributed by atoms with Crippen LogP contribution in [0.25, 0.3) is 0 Å². The van der Waals surface area contributed by atoms with Crippen molar-refractivity contribution < 1.29 is 14.3 Å². The summed E-state index contributed by atoms with van der Waals surface area (Å²) in [5.41, 5.74) is 2.72. The zero-order valence-electron chi connectivity index (χ0n) is 18.3. The second-order valence-corrected chi connectivity index (χ2v) is 9.79. The standard InChI is InChI=1S/C24H31N3O3S/c1-15-10-16(2)12-18(11-15)30-13-22-25-21(14-31-22)24(29)27-20-9-4-3-8-19(20)26-23(28)17-6-5-7-17/h10-12,14,17,19-20H,3-9,13H2,1-2H3,(H,26,28)(H,27,29)/t19-,20-/m1/s1. The van der Waals surface area contributed by atoms with Crippen molar-refractivity contribution in [2.45, 2.75) is 77.5 Å². The lowest BCUT2D eigenvalue weighted by Crippen LogP contribution is -2.54. The first-order chi connectivity index (χ1) is 15.0. The molecule has 0 radical (unpaired) electrons. The van der Waals surface area contributed by atoms with Crippen molar-refractivity contribution in [2.75, 3.05) is 0 Å². The quantitative estimate of drug-likeness (QED) is 0.671. The molecule has 2 N–H and O–H groups in total. The van der Waals surface area contributed by atoms with E-state index in [0.29, 0.717) is 12.3 Å². The molecule has 1 aromatic heterocycles. The van der Waals surface area contributed by atoms with Crippen LogP contribution < -0.4 is 15.4 Å². The highest BCUT2D eigenvalue weighted by Gasteiger charge is 2.32. The number of carbonyl (C=O) groups is 2. The van der Waals surface area contributed by atoms with E-state index >= 15 is 0 Å². The van der Waals surface area contributed by atoms with Crippen molar-refractivity contribution in [3.05, 3.63) is 45.4 Å². The van der Waals surface area contributed by atoms with Gasteiger partial charge >= 0.3 is 0 Å². The lowest BCUT2D eigenvalue weighted by Gasteiger charge is -2.35. The third kappa shape index (κ3) is 5.64. The lowest BCUT2D eigenvalue weighted by molar-refractivity contribution is -0.128. The molecule has 6 nitrogen and oxygen atoms in total. The Morgan fingerprint density at radius 2 is 1.68 bits per heavy atom. The van der Waals surface area contributed by atoms with E-state index in [-0.39, 0.29) is 29.8 Å². The number of aromatic nitrogens is 1. The van der Waals surface area contributed by atoms with Gasteiger partial charge in [-0.15, -0.1) is 11.3 Å². The summed E-state index contributed by atoms with van der Waals surface area (Å²) < 4.78 is 5.86. The van der Waals surface area contributed by atoms with Crippen LogP contribution in [-0.4, -0.2) is 28.9 Å². The molecule has 2 atom stereocenters. The molecule has 166 valence electrons. The fraction of sp³-hybridized carbons (Fsp3) is 0.542. The van der Waals surface area contributed by atoms with Gasteiger partial charge < -0.3 is 15.4 Å². The molecular weight excluding hydrogens is 410 g/mol. The van der Waals surface area contributed by atoms with E-state index in [4.69, 9.17) is 4.74 Å². The normalized spacial score (nSPS) is 21.2. The molecular formula is C24H31N3O3S. The van der Waals surface area contributed by atoms with Crippen LogP contribution in [0.1, 0.15) is 71.6 Å². The van der Waals surface area contributed by atoms with Crippen LogP contribution in [0.2, 0.25) is 0 Å². The Bertz CT molecular complexity index is 918. The molecule has 0 spiro atoms. The first kappa shape index (κ1) is 21.8. The van der Waals surface area contributed by atoms with Gasteiger partial charge in [0.15, 0.2) is 0 Å². The Morgan fingerprint density at radius 3 is 2.32 bits per heavy atom. The summed E-state index contributed by atoms with van der Waals surface area (Å²) in [6.45, 7) is 4.42. The molecule has 2 aliphatic rings. The van der Waals surface area contributed by atoms with Crippen LogP contribution in [-0.2, 0) is 11.4 Å². The van der Waals surface area contributed by atoms with Gasteiger partial charge in [0.1, 0.15) is 23.1 Å². The molecule has 0 aliphatic heterocycles. The molecule has 1 aromatic carbocycles. The van der Waals surface area contributed by atoms with Crippen LogP contribution in [0.15, 0.2) is 23.6 Å². The third-order valence-electron chi connectivity index (χ3n) is 6.23. The summed E-state index contributed by atoms with van der Waals surface area (Å²) in [5, 5.41) is 8.85. The highest BCUT2D eigenvalue weighted by molar-refractivity contribution is 7.09. The van der Waals surface area contributed by atoms with Crippen LogP contribution in [0.3, 0.4) is 0 Å². The summed E-state index contributed by atoms with van der Waals surface area (Å²) in [7, 11) is 0. The highest BCUT2D eigenvalue weighted by atomic mass is 32.1. The minimum atomic E-state index is -0.177. The van der Waals surface area contributed by atoms with Crippen molar-refractivity contribution in [3.63, 3.8) is 0 Å². The first-order valence-corrected chi connectivity index (χ1v) is 12.1. The summed E-state index contributed by atoms with van der Waals surface area (Å²) in [4.78, 5) is 29.6. The van der Waals surface area contributed by atoms with Gasteiger partial charge in [-0.25, -0.2) is 4.98 Å². The van der Waals surface area contributed by atoms with Gasteiger partial charge in [0, 0.05) is 23.4 Å². The van der Waals surface area contributed by atoms with Gasteiger partial charge in [-0.05, 0) is 62.8 Å². The average molecular weight is 442 g/mol. The molecule has 2 aliphatic carbocycles. The molecule has 0 saturated heterocycles. The molecule has 31 heavy (non-hydrogen) atoms. The number of rotatable bonds is 7. The van der Waals surface area contributed by atoms with Crippen molar-refractivity contribution in [3.8, 4) is 5.75 Å². The molecule has 2 amide bonds. The molecule has 0 unspecified atom stereocenters. The predicted octanol–water partition coefficient (Wildman–Crippen LogP) is 4.30. The molecule has 2 saturated carbocycles. The van der Waals surface area contributed by atoms with Gasteiger partial charge in [0.2, 0.25) is 5.91 Å². The molecule has 2 aromatic rings. The maximum atomic E-state index is 12.8. The number of nitrogens with zero attached hydrogens (tertiary/aromatic N) is 1. The smallest absolute Gasteiger partial charge is 0.271 e. The van der Waals surface area contributed by atoms with E-state index in [2.05, 4.69) is 21.7 Å². The number of amides is 2. The van der Waals surface area contributed by atoms with Crippen LogP contribution >= 0.6 is 11.3 Å². The summed E-state index contributed by atoms with van der Waals surface area (Å²) in [5.74, 6) is 0.947. The molecule has 1 heterocycles. The van der Waals surface area contributed by atoms with E-state index in [1.807, 2.05) is 26.0 Å². The van der Waals surface area contributed by atoms with Crippen molar-refractivity contribution in [1.29, 1.82) is 0 Å². The van der Waals surface area contributed by atoms with Crippen LogP contribution in [0.5, 0.6) is 5.75 Å². The number of benzene rings is 1. The number of ether oxygens (including phenoxy) is 1. The van der Waals surface area contributed by atoms with Gasteiger partial charge in [0.05, 0.1) is 0 Å². The Hall–Kier alpha value is -2.41. The molecule has 2 fully saturated rings. The Kier molecular flexibility index (Phi) is 6.90. The Morgan fingerprint density at radius 1 is 1.00 bits per heavy atom. The number of hydrogen-bond acceptors (Lipinski definition) is 5. The van der Waals surface area contributed by atoms with E-state index < -0.39 is 0 Å². The first-order valence-electron chi connectivity index (χ1n) is 11.2. The second kappa shape index (κ2) is 9.81. The summed E-state index contributed by atoms with van der Waals surface area (Å²) in [6.07, 6.45) is 7.06. The monoisotopic (exact) mass is 441 g/mol. The zero-order valence-corrected chi connectivity index (χ0v) is 19.1. The number of hydrogen-bond donors (Lipinski definition) is 2. The topological polar surface area (TPSA) is 80.3 Å². The Labute approximate surface area is 187 Å². The van der Waals surface area contributed by atoms with E-state index in [1.54, 1.807) is 5.38 Å². The van der Waals surface area contributed by atoms with Crippen LogP contribution in [0.4, 0.5) is 0 Å². The van der Waals surface area contributed by atoms with E-state index in [1.165, 1.54) is 11.3 Å². The predicted molar refractivity (Wildman–Crippen MR) is 121 cm³/mol. The van der Waals surface area contributed by atoms with Gasteiger partial charge in [-0.2, -0.15) is 0 Å². The summed E-state index contributed by atoms with van der Waals surface area (Å²) >= 11 is 1.43. The fourth-order valence-electron chi connectivity index (χ4n) is 4.33. The second-order valence-electron chi connectivity index (χ2n) is 8.85. The number of carbonyl (C=O) groups excluding carboxylic acids is 2. The van der Waals surface area contributed by atoms with E-state index in [9.17, 15) is 9.59 Å². The maximum Gasteiger partial charge on any atom is 0.271 e. The highest BCUT2D eigenvalue weighted by Crippen LogP contribution is 2.27. The zero-order chi connectivity index (χ0) is 21.8. The van der Waals surface area contributed by atoms with Gasteiger partial charge in [0.25, 0.3) is 5.91 Å². The molecule has 7 heteroatoms. The summed E-state index contributed by atoms with van der Waals surface area (Å²) in [6, 6.07) is 6.06. The molecule has 4 rings (SSSR count).